The number of nitrogens with zero attached hydrogens (tertiary/aromatic N) is 6. The highest BCUT2D eigenvalue weighted by Gasteiger charge is 2.27. The van der Waals surface area contributed by atoms with Crippen LogP contribution < -0.4 is 15.5 Å². The van der Waals surface area contributed by atoms with Gasteiger partial charge in [0.05, 0.1) is 23.1 Å². The van der Waals surface area contributed by atoms with Crippen LogP contribution >= 0.6 is 11.6 Å². The van der Waals surface area contributed by atoms with Gasteiger partial charge in [0.25, 0.3) is 0 Å². The number of likely N-dealkylation sites (tertiary alicyclic amines) is 1. The van der Waals surface area contributed by atoms with Crippen LogP contribution in [0.3, 0.4) is 0 Å². The number of imide groups is 1. The van der Waals surface area contributed by atoms with Gasteiger partial charge in [-0.15, -0.1) is 0 Å². The van der Waals surface area contributed by atoms with Gasteiger partial charge in [-0.25, -0.2) is 14.8 Å². The number of nitrogens with one attached hydrogen (secondary N) is 2. The molecule has 39 heavy (non-hydrogen) atoms. The molecule has 3 aromatic rings. The number of amides is 3. The minimum absolute atomic E-state index is 0.223. The van der Waals surface area contributed by atoms with Crippen molar-refractivity contribution in [1.82, 2.24) is 30.0 Å². The quantitative estimate of drug-likeness (QED) is 0.438. The van der Waals surface area contributed by atoms with Gasteiger partial charge in [-0.05, 0) is 55.7 Å². The molecular weight excluding hydrogens is 516 g/mol. The normalized spacial score (nSPS) is 18.9. The highest BCUT2D eigenvalue weighted by atomic mass is 35.5. The summed E-state index contributed by atoms with van der Waals surface area (Å²) in [5, 5.41) is 10.9. The van der Waals surface area contributed by atoms with Gasteiger partial charge in [0.2, 0.25) is 11.9 Å². The first kappa shape index (κ1) is 25.8. The molecule has 10 nitrogen and oxygen atoms in total. The van der Waals surface area contributed by atoms with Crippen molar-refractivity contribution in [3.05, 3.63) is 52.9 Å². The van der Waals surface area contributed by atoms with Gasteiger partial charge in [-0.1, -0.05) is 23.7 Å². The van der Waals surface area contributed by atoms with Gasteiger partial charge in [-0.2, -0.15) is 5.10 Å². The Balaban J connectivity index is 1.06. The molecule has 3 fully saturated rings. The van der Waals surface area contributed by atoms with Crippen LogP contribution in [0.25, 0.3) is 11.3 Å². The molecule has 6 rings (SSSR count). The first-order valence-corrected chi connectivity index (χ1v) is 14.0. The largest absolute Gasteiger partial charge is 0.351 e. The van der Waals surface area contributed by atoms with Crippen molar-refractivity contribution in [2.75, 3.05) is 29.9 Å². The third kappa shape index (κ3) is 5.91. The second-order valence-corrected chi connectivity index (χ2v) is 11.2. The molecule has 2 saturated heterocycles. The van der Waals surface area contributed by atoms with Gasteiger partial charge in [-0.3, -0.25) is 24.6 Å². The molecule has 0 unspecified atom stereocenters. The van der Waals surface area contributed by atoms with E-state index in [9.17, 15) is 9.59 Å². The number of urea groups is 1. The van der Waals surface area contributed by atoms with Crippen LogP contribution in [0.15, 0.2) is 36.7 Å². The Morgan fingerprint density at radius 3 is 2.69 bits per heavy atom. The van der Waals surface area contributed by atoms with Crippen LogP contribution in [0.4, 0.5) is 16.4 Å². The van der Waals surface area contributed by atoms with E-state index in [0.717, 1.165) is 67.3 Å². The topological polar surface area (TPSA) is 108 Å². The lowest BCUT2D eigenvalue weighted by atomic mass is 10.0. The second kappa shape index (κ2) is 10.9. The van der Waals surface area contributed by atoms with Crippen LogP contribution in [-0.2, 0) is 24.8 Å². The highest BCUT2D eigenvalue weighted by molar-refractivity contribution is 6.33. The summed E-state index contributed by atoms with van der Waals surface area (Å²) in [4.78, 5) is 37.0. The Bertz CT molecular complexity index is 1380. The number of piperidine rings is 1. The lowest BCUT2D eigenvalue weighted by molar-refractivity contribution is -0.120. The van der Waals surface area contributed by atoms with E-state index in [1.165, 1.54) is 18.5 Å². The van der Waals surface area contributed by atoms with Crippen LogP contribution in [0, 0.1) is 5.92 Å². The van der Waals surface area contributed by atoms with Crippen molar-refractivity contribution >= 4 is 35.2 Å². The lowest BCUT2D eigenvalue weighted by Crippen LogP contribution is -2.49. The average Bonchev–Trinajstić information content (AvgIpc) is 3.68. The van der Waals surface area contributed by atoms with Gasteiger partial charge in [0, 0.05) is 62.6 Å². The molecular formula is C28H33ClN8O2. The summed E-state index contributed by atoms with van der Waals surface area (Å²) < 4.78 is 1.94. The molecule has 2 N–H and O–H groups in total. The molecule has 2 aliphatic heterocycles. The molecule has 2 aromatic heterocycles. The number of halogens is 1. The fraction of sp³-hybridized carbons (Fsp3) is 0.464. The van der Waals surface area contributed by atoms with E-state index >= 15 is 0 Å². The van der Waals surface area contributed by atoms with E-state index in [-0.39, 0.29) is 18.0 Å². The number of carbonyl (C=O) groups excluding carboxylic acids is 2. The predicted octanol–water partition coefficient (Wildman–Crippen LogP) is 4.01. The standard InChI is InChI=1S/C28H33ClN8O2/c1-35-24(14-18-5-6-18)22(15-31-35)26-23(29)16-30-27(34-26)32-20-7-10-36(11-8-20)17-19-3-2-4-21(13-19)37-12-9-25(38)33-28(37)39/h2-4,13,15-16,18,20H,5-12,14,17H2,1H3,(H,30,32,34)(H,33,38,39). The second-order valence-electron chi connectivity index (χ2n) is 10.8. The van der Waals surface area contributed by atoms with Crippen LogP contribution in [-0.4, -0.2) is 62.3 Å². The molecule has 4 heterocycles. The van der Waals surface area contributed by atoms with Crippen molar-refractivity contribution in [3.63, 3.8) is 0 Å². The van der Waals surface area contributed by atoms with Gasteiger partial charge in [0.1, 0.15) is 0 Å². The van der Waals surface area contributed by atoms with Crippen molar-refractivity contribution in [3.8, 4) is 11.3 Å². The van der Waals surface area contributed by atoms with E-state index < -0.39 is 0 Å². The molecule has 1 aliphatic carbocycles. The Hall–Kier alpha value is -3.50. The average molecular weight is 549 g/mol. The lowest BCUT2D eigenvalue weighted by Gasteiger charge is -2.32. The fourth-order valence-electron chi connectivity index (χ4n) is 5.43. The van der Waals surface area contributed by atoms with E-state index in [0.29, 0.717) is 23.9 Å². The van der Waals surface area contributed by atoms with Gasteiger partial charge < -0.3 is 5.32 Å². The number of rotatable bonds is 8. The zero-order valence-corrected chi connectivity index (χ0v) is 22.8. The van der Waals surface area contributed by atoms with Crippen molar-refractivity contribution < 1.29 is 9.59 Å². The van der Waals surface area contributed by atoms with Gasteiger partial charge >= 0.3 is 6.03 Å². The summed E-state index contributed by atoms with van der Waals surface area (Å²) in [5.41, 5.74) is 4.87. The maximum absolute atomic E-state index is 12.2. The highest BCUT2D eigenvalue weighted by Crippen LogP contribution is 2.37. The summed E-state index contributed by atoms with van der Waals surface area (Å²) in [6.07, 6.45) is 9.35. The van der Waals surface area contributed by atoms with E-state index in [2.05, 4.69) is 31.7 Å². The summed E-state index contributed by atoms with van der Waals surface area (Å²) >= 11 is 6.54. The Morgan fingerprint density at radius 2 is 1.92 bits per heavy atom. The van der Waals surface area contributed by atoms with E-state index in [4.69, 9.17) is 16.6 Å². The summed E-state index contributed by atoms with van der Waals surface area (Å²) in [6.45, 7) is 3.09. The number of aromatic nitrogens is 4. The monoisotopic (exact) mass is 548 g/mol. The SMILES string of the molecule is Cn1ncc(-c2nc(NC3CCN(Cc4cccc(N5CCC(=O)NC5=O)c4)CC3)ncc2Cl)c1CC1CC1. The Labute approximate surface area is 232 Å². The van der Waals surface area contributed by atoms with Gasteiger partial charge in [0.15, 0.2) is 0 Å². The smallest absolute Gasteiger partial charge is 0.328 e. The number of hydrogen-bond donors (Lipinski definition) is 2. The number of carbonyl (C=O) groups is 2. The van der Waals surface area contributed by atoms with Crippen LogP contribution in [0.5, 0.6) is 0 Å². The van der Waals surface area contributed by atoms with Crippen molar-refractivity contribution in [1.29, 1.82) is 0 Å². The molecule has 204 valence electrons. The van der Waals surface area contributed by atoms with Crippen molar-refractivity contribution in [2.45, 2.75) is 51.1 Å². The zero-order valence-electron chi connectivity index (χ0n) is 22.1. The number of anilines is 2. The Morgan fingerprint density at radius 1 is 1.10 bits per heavy atom. The third-order valence-electron chi connectivity index (χ3n) is 7.84. The van der Waals surface area contributed by atoms with E-state index in [1.807, 2.05) is 36.1 Å². The summed E-state index contributed by atoms with van der Waals surface area (Å²) in [5.74, 6) is 1.11. The number of aryl methyl sites for hydroxylation is 1. The molecule has 0 radical (unpaired) electrons. The summed E-state index contributed by atoms with van der Waals surface area (Å²) in [6, 6.07) is 7.92. The fourth-order valence-corrected chi connectivity index (χ4v) is 5.63. The first-order chi connectivity index (χ1) is 18.9. The summed E-state index contributed by atoms with van der Waals surface area (Å²) in [7, 11) is 1.98. The molecule has 0 atom stereocenters. The predicted molar refractivity (Wildman–Crippen MR) is 150 cm³/mol. The first-order valence-electron chi connectivity index (χ1n) is 13.7. The molecule has 0 spiro atoms. The number of hydrogen-bond acceptors (Lipinski definition) is 7. The van der Waals surface area contributed by atoms with E-state index in [1.54, 1.807) is 11.1 Å². The maximum atomic E-state index is 12.2. The van der Waals surface area contributed by atoms with Crippen molar-refractivity contribution in [2.24, 2.45) is 13.0 Å². The molecule has 1 aromatic carbocycles. The Kier molecular flexibility index (Phi) is 7.22. The molecule has 3 amide bonds. The minimum atomic E-state index is -0.356. The molecule has 3 aliphatic rings. The third-order valence-corrected chi connectivity index (χ3v) is 8.12. The number of benzene rings is 1. The molecule has 0 bridgehead atoms. The maximum Gasteiger partial charge on any atom is 0.328 e. The minimum Gasteiger partial charge on any atom is -0.351 e. The molecule has 1 saturated carbocycles. The zero-order chi connectivity index (χ0) is 26.9. The van der Waals surface area contributed by atoms with Crippen LogP contribution in [0.1, 0.15) is 43.4 Å². The molecule has 11 heteroatoms. The van der Waals surface area contributed by atoms with Crippen LogP contribution in [0.2, 0.25) is 5.02 Å².